The largest absolute Gasteiger partial charge is 0.416 e. The van der Waals surface area contributed by atoms with E-state index in [0.29, 0.717) is 0 Å². The lowest BCUT2D eigenvalue weighted by Gasteiger charge is -2.17. The topological polar surface area (TPSA) is 41.1 Å². The summed E-state index contributed by atoms with van der Waals surface area (Å²) in [6, 6.07) is 1.12. The van der Waals surface area contributed by atoms with Gasteiger partial charge >= 0.3 is 12.2 Å². The Hall–Kier alpha value is -1.79. The third kappa shape index (κ3) is 2.17. The number of hydrogen-bond acceptors (Lipinski definition) is 1. The lowest BCUT2D eigenvalue weighted by atomic mass is 9.99. The molecule has 92 valence electrons. The highest BCUT2D eigenvalue weighted by Crippen LogP contribution is 2.36. The van der Waals surface area contributed by atoms with Gasteiger partial charge in [0.25, 0.3) is 0 Å². The summed E-state index contributed by atoms with van der Waals surface area (Å²) >= 11 is 0. The Kier molecular flexibility index (Phi) is 2.68. The number of hydrogen-bond donors (Lipinski definition) is 2. The van der Waals surface area contributed by atoms with Crippen LogP contribution in [0.5, 0.6) is 0 Å². The molecule has 0 aromatic heterocycles. The first-order valence-electron chi connectivity index (χ1n) is 4.79. The number of carbonyl (C=O) groups is 1. The molecule has 3 nitrogen and oxygen atoms in total. The Balaban J connectivity index is 2.48. The minimum absolute atomic E-state index is 0.0666. The number of nitrogens with one attached hydrogen (secondary N) is 2. The summed E-state index contributed by atoms with van der Waals surface area (Å²) in [5, 5.41) is 4.52. The second-order valence-corrected chi connectivity index (χ2v) is 3.61. The lowest BCUT2D eigenvalue weighted by Crippen LogP contribution is -2.24. The van der Waals surface area contributed by atoms with Crippen molar-refractivity contribution in [2.75, 3.05) is 6.54 Å². The van der Waals surface area contributed by atoms with Crippen LogP contribution in [-0.4, -0.2) is 12.6 Å². The standard InChI is InChI=1S/C10H8F4N2O/c11-6-3-1-2-5(10(12,13)14)8(6)7-4-15-9(17)16-7/h1-3,7H,4H2,(H2,15,16,17)/t7-/m1/s1. The van der Waals surface area contributed by atoms with Crippen LogP contribution in [0.25, 0.3) is 0 Å². The Morgan fingerprint density at radius 3 is 2.53 bits per heavy atom. The Morgan fingerprint density at radius 1 is 1.29 bits per heavy atom. The van der Waals surface area contributed by atoms with E-state index < -0.39 is 35.2 Å². The lowest BCUT2D eigenvalue weighted by molar-refractivity contribution is -0.138. The van der Waals surface area contributed by atoms with Crippen LogP contribution < -0.4 is 10.6 Å². The normalized spacial score (nSPS) is 20.0. The molecule has 2 rings (SSSR count). The molecular weight excluding hydrogens is 240 g/mol. The maximum absolute atomic E-state index is 13.5. The van der Waals surface area contributed by atoms with E-state index in [4.69, 9.17) is 0 Å². The van der Waals surface area contributed by atoms with Crippen molar-refractivity contribution in [1.29, 1.82) is 0 Å². The zero-order valence-electron chi connectivity index (χ0n) is 8.44. The van der Waals surface area contributed by atoms with E-state index in [0.717, 1.165) is 18.2 Å². The molecule has 1 aliphatic heterocycles. The molecule has 1 aliphatic rings. The number of halogens is 4. The molecule has 0 saturated carbocycles. The predicted octanol–water partition coefficient (Wildman–Crippen LogP) is 2.20. The van der Waals surface area contributed by atoms with E-state index in [2.05, 4.69) is 10.6 Å². The fraction of sp³-hybridized carbons (Fsp3) is 0.300. The Labute approximate surface area is 93.8 Å². The van der Waals surface area contributed by atoms with Gasteiger partial charge in [-0.2, -0.15) is 13.2 Å². The van der Waals surface area contributed by atoms with Gasteiger partial charge < -0.3 is 10.6 Å². The molecule has 0 spiro atoms. The predicted molar refractivity (Wildman–Crippen MR) is 50.7 cm³/mol. The van der Waals surface area contributed by atoms with Crippen molar-refractivity contribution in [2.45, 2.75) is 12.2 Å². The first-order valence-corrected chi connectivity index (χ1v) is 4.79. The van der Waals surface area contributed by atoms with Crippen molar-refractivity contribution in [2.24, 2.45) is 0 Å². The van der Waals surface area contributed by atoms with Gasteiger partial charge in [-0.3, -0.25) is 0 Å². The van der Waals surface area contributed by atoms with Gasteiger partial charge in [0.05, 0.1) is 11.6 Å². The molecule has 1 saturated heterocycles. The molecular formula is C10H8F4N2O. The van der Waals surface area contributed by atoms with Crippen molar-refractivity contribution >= 4 is 6.03 Å². The summed E-state index contributed by atoms with van der Waals surface area (Å²) in [5.74, 6) is -0.978. The smallest absolute Gasteiger partial charge is 0.336 e. The van der Waals surface area contributed by atoms with Gasteiger partial charge in [-0.1, -0.05) is 6.07 Å². The van der Waals surface area contributed by atoms with Gasteiger partial charge in [-0.15, -0.1) is 0 Å². The van der Waals surface area contributed by atoms with Crippen LogP contribution in [0.3, 0.4) is 0 Å². The van der Waals surface area contributed by atoms with Crippen LogP contribution >= 0.6 is 0 Å². The molecule has 0 radical (unpaired) electrons. The number of alkyl halides is 3. The summed E-state index contributed by atoms with van der Waals surface area (Å²) in [6.07, 6.45) is -4.65. The van der Waals surface area contributed by atoms with Crippen molar-refractivity contribution in [3.8, 4) is 0 Å². The van der Waals surface area contributed by atoms with Crippen LogP contribution in [0.15, 0.2) is 18.2 Å². The van der Waals surface area contributed by atoms with E-state index in [9.17, 15) is 22.4 Å². The second kappa shape index (κ2) is 3.90. The van der Waals surface area contributed by atoms with Crippen molar-refractivity contribution in [3.05, 3.63) is 35.1 Å². The van der Waals surface area contributed by atoms with E-state index in [1.54, 1.807) is 0 Å². The number of urea groups is 1. The molecule has 0 aliphatic carbocycles. The molecule has 1 atom stereocenters. The first kappa shape index (κ1) is 11.7. The quantitative estimate of drug-likeness (QED) is 0.735. The van der Waals surface area contributed by atoms with Crippen LogP contribution in [0.2, 0.25) is 0 Å². The highest BCUT2D eigenvalue weighted by molar-refractivity contribution is 5.77. The molecule has 0 unspecified atom stereocenters. The summed E-state index contributed by atoms with van der Waals surface area (Å²) in [6.45, 7) is -0.0666. The van der Waals surface area contributed by atoms with E-state index >= 15 is 0 Å². The number of rotatable bonds is 1. The van der Waals surface area contributed by atoms with Crippen molar-refractivity contribution in [1.82, 2.24) is 10.6 Å². The summed E-state index contributed by atoms with van der Waals surface area (Å²) in [7, 11) is 0. The summed E-state index contributed by atoms with van der Waals surface area (Å²) in [5.41, 5.74) is -1.59. The first-order chi connectivity index (χ1) is 7.89. The maximum Gasteiger partial charge on any atom is 0.416 e. The zero-order chi connectivity index (χ0) is 12.6. The fourth-order valence-electron chi connectivity index (χ4n) is 1.77. The van der Waals surface area contributed by atoms with Gasteiger partial charge in [0.2, 0.25) is 0 Å². The molecule has 1 heterocycles. The average molecular weight is 248 g/mol. The Bertz CT molecular complexity index is 458. The van der Waals surface area contributed by atoms with Crippen molar-refractivity contribution < 1.29 is 22.4 Å². The average Bonchev–Trinajstić information content (AvgIpc) is 2.63. The highest BCUT2D eigenvalue weighted by Gasteiger charge is 2.38. The number of amides is 2. The molecule has 2 N–H and O–H groups in total. The molecule has 0 bridgehead atoms. The third-order valence-corrected chi connectivity index (χ3v) is 2.48. The second-order valence-electron chi connectivity index (χ2n) is 3.61. The molecule has 1 aromatic carbocycles. The molecule has 1 aromatic rings. The highest BCUT2D eigenvalue weighted by atomic mass is 19.4. The minimum atomic E-state index is -4.65. The summed E-state index contributed by atoms with van der Waals surface area (Å²) < 4.78 is 51.5. The van der Waals surface area contributed by atoms with Crippen LogP contribution in [0, 0.1) is 5.82 Å². The monoisotopic (exact) mass is 248 g/mol. The number of carbonyl (C=O) groups excluding carboxylic acids is 1. The van der Waals surface area contributed by atoms with Gasteiger partial charge in [0, 0.05) is 12.1 Å². The number of benzene rings is 1. The molecule has 1 fully saturated rings. The van der Waals surface area contributed by atoms with Gasteiger partial charge in [0.1, 0.15) is 5.82 Å². The molecule has 7 heteroatoms. The Morgan fingerprint density at radius 2 is 2.00 bits per heavy atom. The van der Waals surface area contributed by atoms with Crippen molar-refractivity contribution in [3.63, 3.8) is 0 Å². The van der Waals surface area contributed by atoms with Gasteiger partial charge in [-0.25, -0.2) is 9.18 Å². The van der Waals surface area contributed by atoms with E-state index in [1.165, 1.54) is 0 Å². The van der Waals surface area contributed by atoms with E-state index in [1.807, 2.05) is 0 Å². The van der Waals surface area contributed by atoms with E-state index in [-0.39, 0.29) is 6.54 Å². The minimum Gasteiger partial charge on any atom is -0.336 e. The van der Waals surface area contributed by atoms with Crippen LogP contribution in [-0.2, 0) is 6.18 Å². The molecule has 17 heavy (non-hydrogen) atoms. The van der Waals surface area contributed by atoms with Crippen LogP contribution in [0.4, 0.5) is 22.4 Å². The summed E-state index contributed by atoms with van der Waals surface area (Å²) in [4.78, 5) is 10.9. The SMILES string of the molecule is O=C1NC[C@H](c2c(F)cccc2C(F)(F)F)N1. The maximum atomic E-state index is 13.5. The molecule has 2 amide bonds. The fourth-order valence-corrected chi connectivity index (χ4v) is 1.77. The zero-order valence-corrected chi connectivity index (χ0v) is 8.44. The van der Waals surface area contributed by atoms with Gasteiger partial charge in [0.15, 0.2) is 0 Å². The third-order valence-electron chi connectivity index (χ3n) is 2.48. The van der Waals surface area contributed by atoms with Crippen LogP contribution in [0.1, 0.15) is 17.2 Å². The van der Waals surface area contributed by atoms with Gasteiger partial charge in [-0.05, 0) is 12.1 Å².